The molecule has 12 nitrogen and oxygen atoms in total. The Morgan fingerprint density at radius 3 is 1.49 bits per heavy atom. The molecule has 6 aromatic rings. The standard InChI is InChI=1S/C19H18F2N4O2.C18H16F2N4O2/c1-26-14-5-2-4-13(8-14)19(6-3-7-19)9-15-22-10-12(11-23-15)17-24-25-18(27-17)16(20)21;19-15(20)17-24-23-16(26-17)11-9-21-14(22-10-11)8-18(5-2-6-18)12-3-1-4-13(25)7-12/h2,4-5,8,10-11,16H,3,6-7,9H2,1H3;1,3-4,7,9-10,15,25H,2,5-6,8H2. The molecule has 53 heavy (non-hydrogen) atoms. The second-order valence-electron chi connectivity index (χ2n) is 13.2. The summed E-state index contributed by atoms with van der Waals surface area (Å²) in [5.74, 6) is 0.945. The number of halogens is 4. The van der Waals surface area contributed by atoms with Crippen LogP contribution in [0, 0.1) is 0 Å². The zero-order chi connectivity index (χ0) is 37.0. The minimum atomic E-state index is -2.81. The van der Waals surface area contributed by atoms with E-state index in [4.69, 9.17) is 13.6 Å². The number of nitrogens with zero attached hydrogens (tertiary/aromatic N) is 8. The third-order valence-electron chi connectivity index (χ3n) is 9.91. The van der Waals surface area contributed by atoms with Gasteiger partial charge in [0, 0.05) is 48.5 Å². The molecule has 16 heteroatoms. The Labute approximate surface area is 300 Å². The number of methoxy groups -OCH3 is 1. The van der Waals surface area contributed by atoms with Gasteiger partial charge in [0.1, 0.15) is 23.1 Å². The molecule has 0 aliphatic heterocycles. The van der Waals surface area contributed by atoms with Crippen LogP contribution in [0.4, 0.5) is 17.6 Å². The number of benzene rings is 2. The van der Waals surface area contributed by atoms with Crippen molar-refractivity contribution in [3.63, 3.8) is 0 Å². The highest BCUT2D eigenvalue weighted by molar-refractivity contribution is 5.50. The van der Waals surface area contributed by atoms with Crippen molar-refractivity contribution in [3.8, 4) is 34.4 Å². The Morgan fingerprint density at radius 1 is 0.660 bits per heavy atom. The number of hydrogen-bond acceptors (Lipinski definition) is 12. The lowest BCUT2D eigenvalue weighted by molar-refractivity contribution is 0.115. The second kappa shape index (κ2) is 15.0. The topological polar surface area (TPSA) is 159 Å². The minimum Gasteiger partial charge on any atom is -0.508 e. The zero-order valence-electron chi connectivity index (χ0n) is 28.5. The molecule has 0 radical (unpaired) electrons. The molecule has 2 aromatic carbocycles. The third kappa shape index (κ3) is 7.71. The van der Waals surface area contributed by atoms with Crippen LogP contribution in [0.2, 0.25) is 0 Å². The molecule has 0 atom stereocenters. The molecule has 2 fully saturated rings. The lowest BCUT2D eigenvalue weighted by atomic mass is 9.62. The fourth-order valence-corrected chi connectivity index (χ4v) is 6.73. The lowest BCUT2D eigenvalue weighted by Gasteiger charge is -2.42. The predicted molar refractivity (Wildman–Crippen MR) is 180 cm³/mol. The van der Waals surface area contributed by atoms with Crippen molar-refractivity contribution in [3.05, 3.63) is 108 Å². The summed E-state index contributed by atoms with van der Waals surface area (Å²) >= 11 is 0. The van der Waals surface area contributed by atoms with Crippen LogP contribution < -0.4 is 4.74 Å². The number of alkyl halides is 4. The maximum absolute atomic E-state index is 12.6. The Morgan fingerprint density at radius 2 is 1.11 bits per heavy atom. The van der Waals surface area contributed by atoms with Crippen LogP contribution in [0.1, 0.15) is 85.9 Å². The van der Waals surface area contributed by atoms with E-state index in [2.05, 4.69) is 52.5 Å². The molecule has 8 rings (SSSR count). The Kier molecular flexibility index (Phi) is 10.1. The summed E-state index contributed by atoms with van der Waals surface area (Å²) in [5.41, 5.74) is 3.04. The number of hydrogen-bond donors (Lipinski definition) is 1. The average molecular weight is 731 g/mol. The van der Waals surface area contributed by atoms with Gasteiger partial charge < -0.3 is 18.7 Å². The molecule has 2 saturated carbocycles. The van der Waals surface area contributed by atoms with Gasteiger partial charge in [-0.15, -0.1) is 20.4 Å². The van der Waals surface area contributed by atoms with Crippen molar-refractivity contribution >= 4 is 0 Å². The summed E-state index contributed by atoms with van der Waals surface area (Å²) in [4.78, 5) is 17.4. The van der Waals surface area contributed by atoms with Gasteiger partial charge in [-0.25, -0.2) is 19.9 Å². The molecule has 274 valence electrons. The van der Waals surface area contributed by atoms with E-state index < -0.39 is 24.6 Å². The molecule has 0 bridgehead atoms. The molecular formula is C37H34F4N8O4. The first-order chi connectivity index (χ1) is 25.6. The highest BCUT2D eigenvalue weighted by Crippen LogP contribution is 2.47. The number of aromatic hydroxyl groups is 1. The van der Waals surface area contributed by atoms with E-state index in [1.807, 2.05) is 24.3 Å². The molecule has 1 N–H and O–H groups in total. The normalized spacial score (nSPS) is 15.7. The molecular weight excluding hydrogens is 696 g/mol. The molecule has 0 spiro atoms. The molecule has 0 unspecified atom stereocenters. The minimum absolute atomic E-state index is 0.00336. The van der Waals surface area contributed by atoms with Crippen molar-refractivity contribution in [1.29, 1.82) is 0 Å². The SMILES string of the molecule is COc1cccc(C2(Cc3ncc(-c4nnc(C(F)F)o4)cn3)CCC2)c1.Oc1cccc(C2(Cc3ncc(-c4nnc(C(F)F)o4)cn3)CCC2)c1. The van der Waals surface area contributed by atoms with Gasteiger partial charge in [-0.1, -0.05) is 37.1 Å². The summed E-state index contributed by atoms with van der Waals surface area (Å²) in [5, 5.41) is 23.6. The first-order valence-electron chi connectivity index (χ1n) is 17.0. The van der Waals surface area contributed by atoms with Gasteiger partial charge in [-0.05, 0) is 61.1 Å². The summed E-state index contributed by atoms with van der Waals surface area (Å²) in [7, 11) is 1.66. The van der Waals surface area contributed by atoms with Crippen LogP contribution in [0.5, 0.6) is 11.5 Å². The fraction of sp³-hybridized carbons (Fsp3) is 0.351. The number of rotatable bonds is 11. The third-order valence-corrected chi connectivity index (χ3v) is 9.91. The van der Waals surface area contributed by atoms with E-state index in [0.29, 0.717) is 35.6 Å². The van der Waals surface area contributed by atoms with E-state index >= 15 is 0 Å². The average Bonchev–Trinajstić information content (AvgIpc) is 3.84. The van der Waals surface area contributed by atoms with Gasteiger partial charge in [0.15, 0.2) is 0 Å². The Balaban J connectivity index is 0.000000164. The number of ether oxygens (including phenoxy) is 1. The first-order valence-corrected chi connectivity index (χ1v) is 17.0. The predicted octanol–water partition coefficient (Wildman–Crippen LogP) is 7.97. The smallest absolute Gasteiger partial charge is 0.314 e. The fourth-order valence-electron chi connectivity index (χ4n) is 6.73. The first kappa shape index (κ1) is 35.6. The van der Waals surface area contributed by atoms with Gasteiger partial charge in [-0.2, -0.15) is 17.6 Å². The summed E-state index contributed by atoms with van der Waals surface area (Å²) in [6, 6.07) is 15.4. The van der Waals surface area contributed by atoms with E-state index in [1.165, 1.54) is 30.4 Å². The van der Waals surface area contributed by atoms with Gasteiger partial charge in [0.2, 0.25) is 0 Å². The molecule has 2 aliphatic carbocycles. The van der Waals surface area contributed by atoms with Crippen molar-refractivity contribution in [2.24, 2.45) is 0 Å². The number of phenols is 1. The second-order valence-corrected chi connectivity index (χ2v) is 13.2. The Bertz CT molecular complexity index is 2140. The number of phenolic OH excluding ortho intramolecular Hbond substituents is 1. The summed E-state index contributed by atoms with van der Waals surface area (Å²) < 4.78 is 65.4. The van der Waals surface area contributed by atoms with Gasteiger partial charge in [0.25, 0.3) is 23.6 Å². The monoisotopic (exact) mass is 730 g/mol. The zero-order valence-corrected chi connectivity index (χ0v) is 28.5. The van der Waals surface area contributed by atoms with Gasteiger partial charge in [-0.3, -0.25) is 0 Å². The lowest BCUT2D eigenvalue weighted by Crippen LogP contribution is -2.37. The molecule has 4 aromatic heterocycles. The van der Waals surface area contributed by atoms with Crippen LogP contribution >= 0.6 is 0 Å². The van der Waals surface area contributed by atoms with E-state index in [9.17, 15) is 22.7 Å². The Hall–Kier alpha value is -5.80. The van der Waals surface area contributed by atoms with Crippen molar-refractivity contribution < 1.29 is 36.2 Å². The summed E-state index contributed by atoms with van der Waals surface area (Å²) in [6.07, 6.45) is 8.21. The maximum atomic E-state index is 12.6. The van der Waals surface area contributed by atoms with Crippen LogP contribution in [0.15, 0.2) is 82.2 Å². The quantitative estimate of drug-likeness (QED) is 0.128. The van der Waals surface area contributed by atoms with Gasteiger partial charge >= 0.3 is 12.9 Å². The van der Waals surface area contributed by atoms with E-state index in [-0.39, 0.29) is 28.4 Å². The van der Waals surface area contributed by atoms with Crippen molar-refractivity contribution in [1.82, 2.24) is 40.3 Å². The molecule has 0 amide bonds. The highest BCUT2D eigenvalue weighted by Gasteiger charge is 2.41. The van der Waals surface area contributed by atoms with Gasteiger partial charge in [0.05, 0.1) is 18.2 Å². The van der Waals surface area contributed by atoms with E-state index in [1.54, 1.807) is 19.2 Å². The van der Waals surface area contributed by atoms with Crippen LogP contribution in [0.25, 0.3) is 22.9 Å². The van der Waals surface area contributed by atoms with Crippen molar-refractivity contribution in [2.75, 3.05) is 7.11 Å². The van der Waals surface area contributed by atoms with Crippen LogP contribution in [0.3, 0.4) is 0 Å². The highest BCUT2D eigenvalue weighted by atomic mass is 19.3. The largest absolute Gasteiger partial charge is 0.508 e. The number of aromatic nitrogens is 8. The molecule has 2 aliphatic rings. The van der Waals surface area contributed by atoms with Crippen LogP contribution in [-0.2, 0) is 23.7 Å². The molecule has 4 heterocycles. The summed E-state index contributed by atoms with van der Waals surface area (Å²) in [6.45, 7) is 0. The molecule has 0 saturated heterocycles. The maximum Gasteiger partial charge on any atom is 0.314 e. The van der Waals surface area contributed by atoms with Crippen molar-refractivity contribution in [2.45, 2.75) is 75.0 Å². The van der Waals surface area contributed by atoms with Crippen LogP contribution in [-0.4, -0.2) is 52.5 Å². The van der Waals surface area contributed by atoms with E-state index in [0.717, 1.165) is 49.8 Å².